The minimum Gasteiger partial charge on any atom is -0.494 e. The van der Waals surface area contributed by atoms with Gasteiger partial charge < -0.3 is 4.74 Å². The largest absolute Gasteiger partial charge is 0.494 e. The highest BCUT2D eigenvalue weighted by Gasteiger charge is 1.98. The van der Waals surface area contributed by atoms with E-state index in [1.54, 1.807) is 0 Å². The second-order valence-electron chi connectivity index (χ2n) is 3.43. The lowest BCUT2D eigenvalue weighted by molar-refractivity contribution is 0.324. The molecule has 1 nitrogen and oxygen atoms in total. The first-order chi connectivity index (χ1) is 6.24. The van der Waals surface area contributed by atoms with E-state index in [9.17, 15) is 0 Å². The zero-order chi connectivity index (χ0) is 9.68. The Bertz CT molecular complexity index is 236. The van der Waals surface area contributed by atoms with E-state index in [1.807, 2.05) is 12.1 Å². The molecule has 1 aromatic rings. The molecule has 1 rings (SSSR count). The summed E-state index contributed by atoms with van der Waals surface area (Å²) < 4.78 is 5.43. The fraction of sp³-hybridized carbons (Fsp3) is 0.417. The molecule has 0 heterocycles. The lowest BCUT2D eigenvalue weighted by Crippen LogP contribution is -1.95. The molecule has 1 radical (unpaired) electrons. The molecule has 1 heteroatoms. The first kappa shape index (κ1) is 10.1. The summed E-state index contributed by atoms with van der Waals surface area (Å²) in [6.45, 7) is 8.79. The Labute approximate surface area is 80.7 Å². The second-order valence-corrected chi connectivity index (χ2v) is 3.43. The maximum absolute atomic E-state index is 5.43. The van der Waals surface area contributed by atoms with Crippen molar-refractivity contribution in [3.8, 4) is 5.75 Å². The number of rotatable bonds is 4. The third-order valence-corrected chi connectivity index (χ3v) is 1.96. The molecule has 0 atom stereocenters. The van der Waals surface area contributed by atoms with Gasteiger partial charge in [-0.15, -0.1) is 0 Å². The van der Waals surface area contributed by atoms with Crippen LogP contribution in [0.2, 0.25) is 0 Å². The van der Waals surface area contributed by atoms with Crippen molar-refractivity contribution >= 4 is 0 Å². The molecule has 0 spiro atoms. The summed E-state index contributed by atoms with van der Waals surface area (Å²) in [5.41, 5.74) is 1.35. The van der Waals surface area contributed by atoms with Gasteiger partial charge in [0.2, 0.25) is 0 Å². The smallest absolute Gasteiger partial charge is 0.119 e. The van der Waals surface area contributed by atoms with E-state index in [4.69, 9.17) is 4.74 Å². The number of hydrogen-bond donors (Lipinski definition) is 0. The zero-order valence-electron chi connectivity index (χ0n) is 8.42. The van der Waals surface area contributed by atoms with Crippen LogP contribution >= 0.6 is 0 Å². The van der Waals surface area contributed by atoms with Crippen molar-refractivity contribution in [2.75, 3.05) is 6.61 Å². The van der Waals surface area contributed by atoms with Crippen LogP contribution in [0.3, 0.4) is 0 Å². The van der Waals surface area contributed by atoms with Crippen molar-refractivity contribution in [3.63, 3.8) is 0 Å². The van der Waals surface area contributed by atoms with Crippen molar-refractivity contribution in [1.29, 1.82) is 0 Å². The molecule has 0 saturated heterocycles. The van der Waals surface area contributed by atoms with Crippen molar-refractivity contribution in [2.45, 2.75) is 26.2 Å². The quantitative estimate of drug-likeness (QED) is 0.684. The van der Waals surface area contributed by atoms with Gasteiger partial charge in [-0.2, -0.15) is 0 Å². The maximum atomic E-state index is 5.43. The summed E-state index contributed by atoms with van der Waals surface area (Å²) in [4.78, 5) is 0. The van der Waals surface area contributed by atoms with Gasteiger partial charge in [-0.3, -0.25) is 0 Å². The lowest BCUT2D eigenvalue weighted by Gasteiger charge is -2.07. The van der Waals surface area contributed by atoms with Crippen LogP contribution in [-0.4, -0.2) is 6.61 Å². The molecular weight excluding hydrogens is 160 g/mol. The fourth-order valence-corrected chi connectivity index (χ4v) is 1.14. The van der Waals surface area contributed by atoms with Gasteiger partial charge in [-0.05, 0) is 37.0 Å². The number of benzene rings is 1. The monoisotopic (exact) mass is 177 g/mol. The summed E-state index contributed by atoms with van der Waals surface area (Å²) in [6, 6.07) is 8.27. The molecule has 1 aromatic carbocycles. The Morgan fingerprint density at radius 2 is 1.85 bits per heavy atom. The Hall–Kier alpha value is -0.980. The molecule has 0 bridgehead atoms. The van der Waals surface area contributed by atoms with Crippen LogP contribution in [0, 0.1) is 6.92 Å². The Balaban J connectivity index is 2.59. The van der Waals surface area contributed by atoms with E-state index in [-0.39, 0.29) is 0 Å². The predicted molar refractivity (Wildman–Crippen MR) is 56.0 cm³/mol. The van der Waals surface area contributed by atoms with Gasteiger partial charge in [-0.25, -0.2) is 0 Å². The highest BCUT2D eigenvalue weighted by Crippen LogP contribution is 2.18. The number of ether oxygens (including phenoxy) is 1. The first-order valence-corrected chi connectivity index (χ1v) is 4.76. The Kier molecular flexibility index (Phi) is 3.81. The minimum absolute atomic E-state index is 0.585. The van der Waals surface area contributed by atoms with Crippen LogP contribution < -0.4 is 4.74 Å². The zero-order valence-corrected chi connectivity index (χ0v) is 8.42. The van der Waals surface area contributed by atoms with Crippen LogP contribution in [-0.2, 0) is 0 Å². The second kappa shape index (κ2) is 4.90. The van der Waals surface area contributed by atoms with Gasteiger partial charge in [0.15, 0.2) is 0 Å². The van der Waals surface area contributed by atoms with Gasteiger partial charge in [0.05, 0.1) is 6.61 Å². The molecular formula is C12H17O. The van der Waals surface area contributed by atoms with Gasteiger partial charge in [0.1, 0.15) is 5.75 Å². The van der Waals surface area contributed by atoms with E-state index >= 15 is 0 Å². The summed E-state index contributed by atoms with van der Waals surface area (Å²) >= 11 is 0. The normalized spacial score (nSPS) is 10.5. The predicted octanol–water partition coefficient (Wildman–Crippen LogP) is 3.41. The van der Waals surface area contributed by atoms with E-state index in [1.165, 1.54) is 5.56 Å². The molecule has 0 aliphatic carbocycles. The molecule has 0 saturated carbocycles. The molecule has 13 heavy (non-hydrogen) atoms. The van der Waals surface area contributed by atoms with Crippen LogP contribution in [0.15, 0.2) is 24.3 Å². The van der Waals surface area contributed by atoms with E-state index in [0.29, 0.717) is 12.5 Å². The maximum Gasteiger partial charge on any atom is 0.119 e. The third-order valence-electron chi connectivity index (χ3n) is 1.96. The molecule has 0 aromatic heterocycles. The summed E-state index contributed by atoms with van der Waals surface area (Å²) in [6.07, 6.45) is 0.811. The van der Waals surface area contributed by atoms with E-state index in [0.717, 1.165) is 12.2 Å². The Morgan fingerprint density at radius 1 is 1.23 bits per heavy atom. The summed E-state index contributed by atoms with van der Waals surface area (Å²) in [5, 5.41) is 0. The summed E-state index contributed by atoms with van der Waals surface area (Å²) in [7, 11) is 0. The SMILES string of the molecule is [CH2]CCOc1ccc(C(C)C)cc1. The minimum atomic E-state index is 0.585. The average molecular weight is 177 g/mol. The van der Waals surface area contributed by atoms with Crippen LogP contribution in [0.1, 0.15) is 31.7 Å². The number of hydrogen-bond acceptors (Lipinski definition) is 1. The Morgan fingerprint density at radius 3 is 2.31 bits per heavy atom. The molecule has 0 N–H and O–H groups in total. The standard InChI is InChI=1S/C12H17O/c1-4-9-13-12-7-5-11(6-8-12)10(2)3/h5-8,10H,1,4,9H2,2-3H3. The van der Waals surface area contributed by atoms with Crippen molar-refractivity contribution < 1.29 is 4.74 Å². The van der Waals surface area contributed by atoms with Crippen molar-refractivity contribution in [3.05, 3.63) is 36.8 Å². The van der Waals surface area contributed by atoms with Gasteiger partial charge in [0, 0.05) is 0 Å². The lowest BCUT2D eigenvalue weighted by atomic mass is 10.0. The van der Waals surface area contributed by atoms with E-state index in [2.05, 4.69) is 32.9 Å². The average Bonchev–Trinajstić information content (AvgIpc) is 2.15. The van der Waals surface area contributed by atoms with Gasteiger partial charge >= 0.3 is 0 Å². The molecule has 0 fully saturated rings. The highest BCUT2D eigenvalue weighted by atomic mass is 16.5. The first-order valence-electron chi connectivity index (χ1n) is 4.76. The molecule has 71 valence electrons. The highest BCUT2D eigenvalue weighted by molar-refractivity contribution is 5.28. The van der Waals surface area contributed by atoms with Gasteiger partial charge in [0.25, 0.3) is 0 Å². The topological polar surface area (TPSA) is 9.23 Å². The summed E-state index contributed by atoms with van der Waals surface area (Å²) in [5.74, 6) is 1.52. The molecule has 0 aliphatic heterocycles. The third kappa shape index (κ3) is 3.10. The van der Waals surface area contributed by atoms with Crippen molar-refractivity contribution in [1.82, 2.24) is 0 Å². The molecule has 0 amide bonds. The van der Waals surface area contributed by atoms with Crippen LogP contribution in [0.5, 0.6) is 5.75 Å². The van der Waals surface area contributed by atoms with Crippen molar-refractivity contribution in [2.24, 2.45) is 0 Å². The van der Waals surface area contributed by atoms with E-state index < -0.39 is 0 Å². The molecule has 0 aliphatic rings. The van der Waals surface area contributed by atoms with Gasteiger partial charge in [-0.1, -0.05) is 26.0 Å². The van der Waals surface area contributed by atoms with Crippen LogP contribution in [0.4, 0.5) is 0 Å². The molecule has 0 unspecified atom stereocenters. The fourth-order valence-electron chi connectivity index (χ4n) is 1.14. The van der Waals surface area contributed by atoms with Crippen LogP contribution in [0.25, 0.3) is 0 Å².